The van der Waals surface area contributed by atoms with Gasteiger partial charge in [-0.15, -0.1) is 0 Å². The number of carbonyl (C=O) groups excluding carboxylic acids is 5. The van der Waals surface area contributed by atoms with Crippen LogP contribution in [0.1, 0.15) is 84.3 Å². The molecule has 11 nitrogen and oxygen atoms in total. The molecule has 4 rings (SSSR count). The van der Waals surface area contributed by atoms with Crippen molar-refractivity contribution in [1.82, 2.24) is 26.2 Å². The molecule has 1 aliphatic carbocycles. The highest BCUT2D eigenvalue weighted by atomic mass is 16.5. The molecule has 11 heteroatoms. The van der Waals surface area contributed by atoms with Crippen molar-refractivity contribution in [2.24, 2.45) is 17.3 Å². The number of aryl methyl sites for hydroxylation is 1. The Labute approximate surface area is 315 Å². The summed E-state index contributed by atoms with van der Waals surface area (Å²) in [5.74, 6) is -1.38. The lowest BCUT2D eigenvalue weighted by atomic mass is 9.91. The predicted octanol–water partition coefficient (Wildman–Crippen LogP) is 3.98. The number of benzene rings is 2. The summed E-state index contributed by atoms with van der Waals surface area (Å²) < 4.78 is 5.42. The van der Waals surface area contributed by atoms with Crippen LogP contribution in [-0.2, 0) is 41.6 Å². The van der Waals surface area contributed by atoms with E-state index in [0.29, 0.717) is 45.4 Å². The molecule has 4 atom stereocenters. The van der Waals surface area contributed by atoms with Crippen LogP contribution < -0.4 is 21.3 Å². The van der Waals surface area contributed by atoms with E-state index < -0.39 is 47.3 Å². The molecule has 2 aliphatic rings. The van der Waals surface area contributed by atoms with E-state index >= 15 is 0 Å². The fourth-order valence-electron chi connectivity index (χ4n) is 6.71. The van der Waals surface area contributed by atoms with Crippen LogP contribution in [0.15, 0.2) is 60.7 Å². The molecular weight excluding hydrogens is 670 g/mol. The fraction of sp³-hybridized carbons (Fsp3) is 0.595. The Bertz CT molecular complexity index is 1490. The molecule has 2 fully saturated rings. The maximum Gasteiger partial charge on any atom is 0.243 e. The van der Waals surface area contributed by atoms with Crippen molar-refractivity contribution in [3.8, 4) is 0 Å². The number of rotatable bonds is 21. The van der Waals surface area contributed by atoms with Crippen molar-refractivity contribution in [3.05, 3.63) is 71.8 Å². The summed E-state index contributed by atoms with van der Waals surface area (Å²) in [6.07, 6.45) is 3.77. The van der Waals surface area contributed by atoms with E-state index in [9.17, 15) is 24.0 Å². The largest absolute Gasteiger partial charge is 0.379 e. The summed E-state index contributed by atoms with van der Waals surface area (Å²) in [7, 11) is 0. The Morgan fingerprint density at radius 1 is 0.679 bits per heavy atom. The van der Waals surface area contributed by atoms with Crippen LogP contribution in [0.2, 0.25) is 0 Å². The molecule has 0 aromatic heterocycles. The van der Waals surface area contributed by atoms with Crippen molar-refractivity contribution < 1.29 is 28.7 Å². The van der Waals surface area contributed by atoms with Gasteiger partial charge in [-0.1, -0.05) is 95.3 Å². The molecule has 1 heterocycles. The highest BCUT2D eigenvalue weighted by molar-refractivity contribution is 5.97. The third-order valence-corrected chi connectivity index (χ3v) is 10.2. The number of hydrogen-bond acceptors (Lipinski definition) is 7. The van der Waals surface area contributed by atoms with E-state index in [1.807, 2.05) is 95.3 Å². The molecule has 0 unspecified atom stereocenters. The number of nitrogens with zero attached hydrogens (tertiary/aromatic N) is 1. The van der Waals surface area contributed by atoms with E-state index in [1.165, 1.54) is 0 Å². The molecule has 2 aromatic carbocycles. The van der Waals surface area contributed by atoms with Gasteiger partial charge in [0, 0.05) is 37.9 Å². The van der Waals surface area contributed by atoms with Crippen molar-refractivity contribution in [3.63, 3.8) is 0 Å². The van der Waals surface area contributed by atoms with Crippen molar-refractivity contribution in [1.29, 1.82) is 0 Å². The zero-order valence-corrected chi connectivity index (χ0v) is 32.3. The van der Waals surface area contributed by atoms with Gasteiger partial charge >= 0.3 is 0 Å². The van der Waals surface area contributed by atoms with Crippen LogP contribution in [0.4, 0.5) is 0 Å². The van der Waals surface area contributed by atoms with Gasteiger partial charge in [-0.25, -0.2) is 0 Å². The highest BCUT2D eigenvalue weighted by Crippen LogP contribution is 2.47. The Kier molecular flexibility index (Phi) is 16.0. The molecule has 0 bridgehead atoms. The molecule has 1 saturated heterocycles. The van der Waals surface area contributed by atoms with Gasteiger partial charge in [0.05, 0.1) is 19.3 Å². The Hall–Kier alpha value is -4.09. The third kappa shape index (κ3) is 14.0. The van der Waals surface area contributed by atoms with E-state index in [1.54, 1.807) is 0 Å². The van der Waals surface area contributed by atoms with Gasteiger partial charge in [-0.05, 0) is 61.5 Å². The summed E-state index contributed by atoms with van der Waals surface area (Å²) >= 11 is 0. The lowest BCUT2D eigenvalue weighted by Crippen LogP contribution is -2.58. The average molecular weight is 732 g/mol. The number of amides is 4. The quantitative estimate of drug-likeness (QED) is 0.152. The lowest BCUT2D eigenvalue weighted by Gasteiger charge is -2.28. The molecule has 0 spiro atoms. The Balaban J connectivity index is 1.50. The minimum absolute atomic E-state index is 0.0304. The van der Waals surface area contributed by atoms with E-state index in [2.05, 4.69) is 26.2 Å². The monoisotopic (exact) mass is 731 g/mol. The van der Waals surface area contributed by atoms with Gasteiger partial charge in [0.15, 0.2) is 5.78 Å². The molecule has 290 valence electrons. The van der Waals surface area contributed by atoms with Crippen molar-refractivity contribution in [2.75, 3.05) is 32.8 Å². The second-order valence-corrected chi connectivity index (χ2v) is 15.9. The van der Waals surface area contributed by atoms with E-state index in [-0.39, 0.29) is 36.4 Å². The van der Waals surface area contributed by atoms with Crippen molar-refractivity contribution in [2.45, 2.75) is 110 Å². The van der Waals surface area contributed by atoms with Crippen LogP contribution in [0, 0.1) is 17.3 Å². The minimum Gasteiger partial charge on any atom is -0.379 e. The Morgan fingerprint density at radius 3 is 1.77 bits per heavy atom. The molecule has 2 aromatic rings. The van der Waals surface area contributed by atoms with Crippen LogP contribution >= 0.6 is 0 Å². The first-order valence-electron chi connectivity index (χ1n) is 19.5. The lowest BCUT2D eigenvalue weighted by molar-refractivity contribution is -0.135. The second kappa shape index (κ2) is 20.4. The molecule has 4 N–H and O–H groups in total. The van der Waals surface area contributed by atoms with Gasteiger partial charge in [-0.2, -0.15) is 0 Å². The van der Waals surface area contributed by atoms with Gasteiger partial charge < -0.3 is 26.0 Å². The number of Topliss-reactive ketones (excluding diaryl/α,β-unsaturated/α-hetero) is 1. The van der Waals surface area contributed by atoms with Crippen molar-refractivity contribution >= 4 is 29.4 Å². The maximum atomic E-state index is 14.1. The second-order valence-electron chi connectivity index (χ2n) is 15.9. The molecule has 1 saturated carbocycles. The zero-order valence-electron chi connectivity index (χ0n) is 32.3. The third-order valence-electron chi connectivity index (χ3n) is 10.2. The highest BCUT2D eigenvalue weighted by Gasteiger charge is 2.48. The average Bonchev–Trinajstić information content (AvgIpc) is 3.90. The van der Waals surface area contributed by atoms with Gasteiger partial charge in [0.1, 0.15) is 18.1 Å². The normalized spacial score (nSPS) is 17.6. The number of ether oxygens (including phenoxy) is 1. The minimum atomic E-state index is -0.986. The zero-order chi connectivity index (χ0) is 38.4. The SMILES string of the molecule is CC(C)C[C@H](NC(=O)[C@H](CCc1ccccc1)NC(=O)CCN1CCOCC1)C(=O)N[C@@H](Cc1ccccc1)C(=O)N[C@@H](CC(C)C)C(=O)C1(C)CC1. The van der Waals surface area contributed by atoms with E-state index in [4.69, 9.17) is 4.74 Å². The van der Waals surface area contributed by atoms with Crippen LogP contribution in [-0.4, -0.2) is 91.3 Å². The van der Waals surface area contributed by atoms with E-state index in [0.717, 1.165) is 37.1 Å². The predicted molar refractivity (Wildman–Crippen MR) is 206 cm³/mol. The van der Waals surface area contributed by atoms with Crippen LogP contribution in [0.5, 0.6) is 0 Å². The standard InChI is InChI=1S/C42H61N5O6/c1-29(2)26-34(38(49)42(5)19-20-42)44-41(52)36(28-32-14-10-7-11-15-32)46-40(51)35(27-30(3)4)45-39(50)33(17-16-31-12-8-6-9-13-31)43-37(48)18-21-47-22-24-53-25-23-47/h6-15,29-30,33-36H,16-28H2,1-5H3,(H,43,48)(H,44,52)(H,45,50)(H,46,51)/t33-,34-,35-,36-/m0/s1. The van der Waals surface area contributed by atoms with Gasteiger partial charge in [0.2, 0.25) is 23.6 Å². The first-order valence-corrected chi connectivity index (χ1v) is 19.5. The summed E-state index contributed by atoms with van der Waals surface area (Å²) in [6, 6.07) is 15.7. The summed E-state index contributed by atoms with van der Waals surface area (Å²) in [5, 5.41) is 11.8. The summed E-state index contributed by atoms with van der Waals surface area (Å²) in [6.45, 7) is 13.2. The Morgan fingerprint density at radius 2 is 1.19 bits per heavy atom. The number of carbonyl (C=O) groups is 5. The fourth-order valence-corrected chi connectivity index (χ4v) is 6.71. The molecule has 0 radical (unpaired) electrons. The number of nitrogens with one attached hydrogen (secondary N) is 4. The maximum absolute atomic E-state index is 14.1. The van der Waals surface area contributed by atoms with Gasteiger partial charge in [-0.3, -0.25) is 28.9 Å². The molecule has 53 heavy (non-hydrogen) atoms. The smallest absolute Gasteiger partial charge is 0.243 e. The topological polar surface area (TPSA) is 146 Å². The van der Waals surface area contributed by atoms with Crippen LogP contribution in [0.3, 0.4) is 0 Å². The summed E-state index contributed by atoms with van der Waals surface area (Å²) in [4.78, 5) is 70.9. The number of hydrogen-bond donors (Lipinski definition) is 4. The number of morpholine rings is 1. The first-order chi connectivity index (χ1) is 25.3. The van der Waals surface area contributed by atoms with Gasteiger partial charge in [0.25, 0.3) is 0 Å². The van der Waals surface area contributed by atoms with Crippen LogP contribution in [0.25, 0.3) is 0 Å². The summed E-state index contributed by atoms with van der Waals surface area (Å²) in [5.41, 5.74) is 1.45. The molecule has 1 aliphatic heterocycles. The number of ketones is 1. The first kappa shape index (κ1) is 41.7. The molecular formula is C42H61N5O6. The molecule has 4 amide bonds.